The second-order valence-corrected chi connectivity index (χ2v) is 6.49. The van der Waals surface area contributed by atoms with Crippen LogP contribution in [0.1, 0.15) is 45.7 Å². The molecule has 0 amide bonds. The number of nitrogens with two attached hydrogens (primary N) is 1. The lowest BCUT2D eigenvalue weighted by Gasteiger charge is -2.30. The smallest absolute Gasteiger partial charge is 0.124 e. The van der Waals surface area contributed by atoms with E-state index >= 15 is 0 Å². The summed E-state index contributed by atoms with van der Waals surface area (Å²) in [7, 11) is 1.67. The van der Waals surface area contributed by atoms with E-state index in [2.05, 4.69) is 33.8 Å². The van der Waals surface area contributed by atoms with Gasteiger partial charge in [0, 0.05) is 18.7 Å². The molecule has 20 heavy (non-hydrogen) atoms. The first-order chi connectivity index (χ1) is 9.36. The van der Waals surface area contributed by atoms with E-state index in [-0.39, 0.29) is 11.5 Å². The summed E-state index contributed by atoms with van der Waals surface area (Å²) in [4.78, 5) is 0. The fourth-order valence-corrected chi connectivity index (χ4v) is 2.01. The van der Waals surface area contributed by atoms with Crippen LogP contribution in [0, 0.1) is 11.3 Å². The molecule has 0 bridgehead atoms. The second-order valence-electron chi connectivity index (χ2n) is 6.49. The minimum absolute atomic E-state index is 0.00275. The molecule has 0 heterocycles. The fourth-order valence-electron chi connectivity index (χ4n) is 2.01. The third kappa shape index (κ3) is 5.14. The van der Waals surface area contributed by atoms with Crippen LogP contribution in [0.25, 0.3) is 0 Å². The van der Waals surface area contributed by atoms with E-state index in [0.29, 0.717) is 19.1 Å². The first-order valence-corrected chi connectivity index (χ1v) is 7.32. The Morgan fingerprint density at radius 1 is 1.15 bits per heavy atom. The van der Waals surface area contributed by atoms with Crippen molar-refractivity contribution in [2.45, 2.75) is 40.2 Å². The maximum absolute atomic E-state index is 6.39. The molecule has 0 radical (unpaired) electrons. The normalized spacial score (nSPS) is 14.9. The maximum atomic E-state index is 6.39. The monoisotopic (exact) mass is 279 g/mol. The summed E-state index contributed by atoms with van der Waals surface area (Å²) in [6.07, 6.45) is 0.953. The van der Waals surface area contributed by atoms with Gasteiger partial charge in [0.1, 0.15) is 12.4 Å². The molecule has 3 heteroatoms. The minimum atomic E-state index is 0.00275. The molecule has 114 valence electrons. The average molecular weight is 279 g/mol. The van der Waals surface area contributed by atoms with Crippen molar-refractivity contribution in [3.63, 3.8) is 0 Å². The number of hydrogen-bond donors (Lipinski definition) is 1. The van der Waals surface area contributed by atoms with Crippen LogP contribution in [-0.2, 0) is 4.74 Å². The van der Waals surface area contributed by atoms with Crippen LogP contribution in [0.3, 0.4) is 0 Å². The average Bonchev–Trinajstić information content (AvgIpc) is 2.38. The predicted octanol–water partition coefficient (Wildman–Crippen LogP) is 3.78. The first-order valence-electron chi connectivity index (χ1n) is 7.32. The molecule has 3 nitrogen and oxygen atoms in total. The van der Waals surface area contributed by atoms with Gasteiger partial charge in [-0.1, -0.05) is 45.9 Å². The van der Waals surface area contributed by atoms with Gasteiger partial charge in [0.05, 0.1) is 6.61 Å². The standard InChI is InChI=1S/C17H29NO2/c1-13(17(2,3)4)12-15(18)14-8-6-7-9-16(14)20-11-10-19-5/h6-9,13,15H,10-12,18H2,1-5H3. The van der Waals surface area contributed by atoms with Crippen molar-refractivity contribution in [1.29, 1.82) is 0 Å². The Hall–Kier alpha value is -1.06. The lowest BCUT2D eigenvalue weighted by Crippen LogP contribution is -2.23. The third-order valence-electron chi connectivity index (χ3n) is 3.95. The number of rotatable bonds is 7. The predicted molar refractivity (Wildman–Crippen MR) is 84.0 cm³/mol. The minimum Gasteiger partial charge on any atom is -0.491 e. The summed E-state index contributed by atoms with van der Waals surface area (Å²) < 4.78 is 10.8. The van der Waals surface area contributed by atoms with Gasteiger partial charge in [-0.05, 0) is 23.8 Å². The van der Waals surface area contributed by atoms with Crippen LogP contribution in [0.2, 0.25) is 0 Å². The molecule has 0 spiro atoms. The zero-order chi connectivity index (χ0) is 15.2. The molecular weight excluding hydrogens is 250 g/mol. The number of hydrogen-bond acceptors (Lipinski definition) is 3. The van der Waals surface area contributed by atoms with E-state index in [0.717, 1.165) is 17.7 Å². The first kappa shape index (κ1) is 17.0. The summed E-state index contributed by atoms with van der Waals surface area (Å²) in [6, 6.07) is 8.03. The van der Waals surface area contributed by atoms with Crippen molar-refractivity contribution in [2.75, 3.05) is 20.3 Å². The van der Waals surface area contributed by atoms with Crippen LogP contribution < -0.4 is 10.5 Å². The van der Waals surface area contributed by atoms with Gasteiger partial charge in [-0.3, -0.25) is 0 Å². The Morgan fingerprint density at radius 2 is 1.80 bits per heavy atom. The molecule has 0 saturated heterocycles. The quantitative estimate of drug-likeness (QED) is 0.772. The van der Waals surface area contributed by atoms with Crippen molar-refractivity contribution in [3.8, 4) is 5.75 Å². The highest BCUT2D eigenvalue weighted by molar-refractivity contribution is 5.35. The van der Waals surface area contributed by atoms with Crippen LogP contribution in [0.5, 0.6) is 5.75 Å². The number of methoxy groups -OCH3 is 1. The zero-order valence-corrected chi connectivity index (χ0v) is 13.5. The molecule has 2 atom stereocenters. The van der Waals surface area contributed by atoms with Crippen LogP contribution >= 0.6 is 0 Å². The molecule has 1 aromatic rings. The van der Waals surface area contributed by atoms with E-state index in [1.165, 1.54) is 0 Å². The zero-order valence-electron chi connectivity index (χ0n) is 13.5. The number of para-hydroxylation sites is 1. The van der Waals surface area contributed by atoms with Crippen molar-refractivity contribution < 1.29 is 9.47 Å². The number of benzene rings is 1. The number of ether oxygens (including phenoxy) is 2. The van der Waals surface area contributed by atoms with E-state index in [9.17, 15) is 0 Å². The highest BCUT2D eigenvalue weighted by Gasteiger charge is 2.23. The van der Waals surface area contributed by atoms with Gasteiger partial charge >= 0.3 is 0 Å². The molecule has 2 N–H and O–H groups in total. The highest BCUT2D eigenvalue weighted by atomic mass is 16.5. The van der Waals surface area contributed by atoms with Gasteiger partial charge in [0.2, 0.25) is 0 Å². The Labute approximate surface area is 123 Å². The topological polar surface area (TPSA) is 44.5 Å². The van der Waals surface area contributed by atoms with Gasteiger partial charge in [0.25, 0.3) is 0 Å². The van der Waals surface area contributed by atoms with E-state index in [4.69, 9.17) is 15.2 Å². The Bertz CT molecular complexity index is 398. The van der Waals surface area contributed by atoms with Crippen molar-refractivity contribution in [3.05, 3.63) is 29.8 Å². The Kier molecular flexibility index (Phi) is 6.50. The van der Waals surface area contributed by atoms with E-state index < -0.39 is 0 Å². The second kappa shape index (κ2) is 7.65. The summed E-state index contributed by atoms with van der Waals surface area (Å²) >= 11 is 0. The Balaban J connectivity index is 2.74. The molecule has 1 rings (SSSR count). The molecule has 0 fully saturated rings. The van der Waals surface area contributed by atoms with Gasteiger partial charge in [-0.15, -0.1) is 0 Å². The van der Waals surface area contributed by atoms with Crippen molar-refractivity contribution in [1.82, 2.24) is 0 Å². The van der Waals surface area contributed by atoms with Crippen LogP contribution in [0.15, 0.2) is 24.3 Å². The van der Waals surface area contributed by atoms with Gasteiger partial charge in [-0.25, -0.2) is 0 Å². The molecule has 0 aliphatic carbocycles. The summed E-state index contributed by atoms with van der Waals surface area (Å²) in [5.41, 5.74) is 7.74. The van der Waals surface area contributed by atoms with Crippen LogP contribution in [-0.4, -0.2) is 20.3 Å². The lowest BCUT2D eigenvalue weighted by atomic mass is 9.77. The van der Waals surface area contributed by atoms with Crippen LogP contribution in [0.4, 0.5) is 0 Å². The van der Waals surface area contributed by atoms with Crippen molar-refractivity contribution in [2.24, 2.45) is 17.1 Å². The van der Waals surface area contributed by atoms with E-state index in [1.807, 2.05) is 18.2 Å². The Morgan fingerprint density at radius 3 is 2.40 bits per heavy atom. The lowest BCUT2D eigenvalue weighted by molar-refractivity contribution is 0.145. The molecule has 2 unspecified atom stereocenters. The summed E-state index contributed by atoms with van der Waals surface area (Å²) in [5, 5.41) is 0. The highest BCUT2D eigenvalue weighted by Crippen LogP contribution is 2.34. The molecule has 0 aliphatic rings. The molecular formula is C17H29NO2. The third-order valence-corrected chi connectivity index (χ3v) is 3.95. The summed E-state index contributed by atoms with van der Waals surface area (Å²) in [6.45, 7) is 10.2. The van der Waals surface area contributed by atoms with Gasteiger partial charge in [-0.2, -0.15) is 0 Å². The molecule has 1 aromatic carbocycles. The van der Waals surface area contributed by atoms with E-state index in [1.54, 1.807) is 7.11 Å². The maximum Gasteiger partial charge on any atom is 0.124 e. The molecule has 0 aromatic heterocycles. The fraction of sp³-hybridized carbons (Fsp3) is 0.647. The SMILES string of the molecule is COCCOc1ccccc1C(N)CC(C)C(C)(C)C. The molecule has 0 saturated carbocycles. The summed E-state index contributed by atoms with van der Waals surface area (Å²) in [5.74, 6) is 1.42. The van der Waals surface area contributed by atoms with Gasteiger partial charge in [0.15, 0.2) is 0 Å². The van der Waals surface area contributed by atoms with Gasteiger partial charge < -0.3 is 15.2 Å². The molecule has 0 aliphatic heterocycles. The van der Waals surface area contributed by atoms with Crippen molar-refractivity contribution >= 4 is 0 Å². The largest absolute Gasteiger partial charge is 0.491 e.